The molecule has 1 rings (SSSR count). The maximum absolute atomic E-state index is 11.0. The fourth-order valence-corrected chi connectivity index (χ4v) is 3.56. The maximum atomic E-state index is 11.0. The van der Waals surface area contributed by atoms with E-state index in [1.807, 2.05) is 11.8 Å². The number of thioether (sulfide) groups is 1. The van der Waals surface area contributed by atoms with Gasteiger partial charge in [0.05, 0.1) is 5.92 Å². The summed E-state index contributed by atoms with van der Waals surface area (Å²) in [6.07, 6.45) is 8.66. The molecule has 0 aromatic carbocycles. The van der Waals surface area contributed by atoms with Gasteiger partial charge in [-0.15, -0.1) is 0 Å². The Morgan fingerprint density at radius 3 is 2.79 bits per heavy atom. The molecule has 1 fully saturated rings. The van der Waals surface area contributed by atoms with Crippen LogP contribution in [0.5, 0.6) is 0 Å². The lowest BCUT2D eigenvalue weighted by atomic mass is 9.98. The fourth-order valence-electron chi connectivity index (χ4n) is 2.56. The molecule has 0 radical (unpaired) electrons. The lowest BCUT2D eigenvalue weighted by Gasteiger charge is -2.30. The maximum Gasteiger partial charge on any atom is 0.307 e. The topological polar surface area (TPSA) is 40.5 Å². The fraction of sp³-hybridized carbons (Fsp3) is 0.933. The van der Waals surface area contributed by atoms with Gasteiger partial charge in [-0.3, -0.25) is 4.79 Å². The van der Waals surface area contributed by atoms with Crippen LogP contribution >= 0.6 is 11.8 Å². The van der Waals surface area contributed by atoms with Crippen LogP contribution in [0, 0.1) is 5.92 Å². The molecule has 1 atom stereocenters. The van der Waals surface area contributed by atoms with E-state index >= 15 is 0 Å². The number of hydrogen-bond donors (Lipinski definition) is 1. The van der Waals surface area contributed by atoms with E-state index in [1.54, 1.807) is 0 Å². The second kappa shape index (κ2) is 10.6. The highest BCUT2D eigenvalue weighted by atomic mass is 32.2. The minimum Gasteiger partial charge on any atom is -0.481 e. The third-order valence-corrected chi connectivity index (χ3v) is 4.85. The molecule has 112 valence electrons. The average molecular weight is 287 g/mol. The highest BCUT2D eigenvalue weighted by Gasteiger charge is 2.24. The highest BCUT2D eigenvalue weighted by Crippen LogP contribution is 2.17. The molecular weight excluding hydrogens is 258 g/mol. The normalized spacial score (nSPS) is 20.6. The predicted octanol–water partition coefficient (Wildman–Crippen LogP) is 3.49. The number of piperidine rings is 1. The molecule has 1 N–H and O–H groups in total. The molecule has 1 unspecified atom stereocenters. The van der Waals surface area contributed by atoms with Gasteiger partial charge < -0.3 is 10.0 Å². The van der Waals surface area contributed by atoms with E-state index in [1.165, 1.54) is 37.9 Å². The van der Waals surface area contributed by atoms with Crippen molar-refractivity contribution in [1.29, 1.82) is 0 Å². The van der Waals surface area contributed by atoms with Gasteiger partial charge in [0.25, 0.3) is 0 Å². The summed E-state index contributed by atoms with van der Waals surface area (Å²) in [7, 11) is 0. The number of carboxylic acids is 1. The Morgan fingerprint density at radius 2 is 2.05 bits per heavy atom. The summed E-state index contributed by atoms with van der Waals surface area (Å²) < 4.78 is 0. The van der Waals surface area contributed by atoms with Gasteiger partial charge >= 0.3 is 5.97 Å². The summed E-state index contributed by atoms with van der Waals surface area (Å²) in [6, 6.07) is 0. The monoisotopic (exact) mass is 287 g/mol. The summed E-state index contributed by atoms with van der Waals surface area (Å²) >= 11 is 2.03. The Hall–Kier alpha value is -0.220. The number of carbonyl (C=O) groups is 1. The van der Waals surface area contributed by atoms with Crippen LogP contribution in [0.3, 0.4) is 0 Å². The van der Waals surface area contributed by atoms with Crippen LogP contribution in [0.2, 0.25) is 0 Å². The minimum atomic E-state index is -0.617. The zero-order valence-corrected chi connectivity index (χ0v) is 13.1. The number of nitrogens with zero attached hydrogens (tertiary/aromatic N) is 1. The van der Waals surface area contributed by atoms with Crippen LogP contribution in [0.15, 0.2) is 0 Å². The van der Waals surface area contributed by atoms with Crippen LogP contribution in [0.25, 0.3) is 0 Å². The van der Waals surface area contributed by atoms with E-state index in [4.69, 9.17) is 5.11 Å². The molecule has 0 saturated carbocycles. The van der Waals surface area contributed by atoms with Crippen molar-refractivity contribution in [3.63, 3.8) is 0 Å². The second-order valence-electron chi connectivity index (χ2n) is 5.50. The molecule has 0 aliphatic carbocycles. The SMILES string of the molecule is CCCCCCCSCCN1CCCC(C(=O)O)C1. The number of carboxylic acid groups (broad SMARTS) is 1. The number of hydrogen-bond acceptors (Lipinski definition) is 3. The number of likely N-dealkylation sites (tertiary alicyclic amines) is 1. The molecule has 1 heterocycles. The van der Waals surface area contributed by atoms with Crippen LogP contribution in [0.1, 0.15) is 51.9 Å². The van der Waals surface area contributed by atoms with Crippen molar-refractivity contribution in [2.45, 2.75) is 51.9 Å². The van der Waals surface area contributed by atoms with Crippen LogP contribution < -0.4 is 0 Å². The van der Waals surface area contributed by atoms with Gasteiger partial charge in [-0.1, -0.05) is 32.6 Å². The van der Waals surface area contributed by atoms with Gasteiger partial charge in [0, 0.05) is 18.8 Å². The smallest absolute Gasteiger partial charge is 0.307 e. The van der Waals surface area contributed by atoms with Crippen molar-refractivity contribution < 1.29 is 9.90 Å². The van der Waals surface area contributed by atoms with E-state index in [9.17, 15) is 4.79 Å². The molecule has 0 amide bonds. The Morgan fingerprint density at radius 1 is 1.26 bits per heavy atom. The summed E-state index contributed by atoms with van der Waals surface area (Å²) in [4.78, 5) is 13.3. The standard InChI is InChI=1S/C15H29NO2S/c1-2-3-4-5-6-11-19-12-10-16-9-7-8-14(13-16)15(17)18/h14H,2-13H2,1H3,(H,17,18). The van der Waals surface area contributed by atoms with Gasteiger partial charge in [0.2, 0.25) is 0 Å². The van der Waals surface area contributed by atoms with Crippen molar-refractivity contribution >= 4 is 17.7 Å². The summed E-state index contributed by atoms with van der Waals surface area (Å²) in [5.74, 6) is 1.67. The Kier molecular flexibility index (Phi) is 9.35. The first-order valence-corrected chi connectivity index (χ1v) is 8.92. The van der Waals surface area contributed by atoms with Crippen molar-refractivity contribution in [2.75, 3.05) is 31.1 Å². The van der Waals surface area contributed by atoms with E-state index in [-0.39, 0.29) is 5.92 Å². The average Bonchev–Trinajstić information content (AvgIpc) is 2.42. The summed E-state index contributed by atoms with van der Waals surface area (Å²) in [5, 5.41) is 9.04. The number of rotatable bonds is 10. The molecule has 1 aliphatic rings. The van der Waals surface area contributed by atoms with Crippen molar-refractivity contribution in [2.24, 2.45) is 5.92 Å². The van der Waals surface area contributed by atoms with Gasteiger partial charge in [0.15, 0.2) is 0 Å². The largest absolute Gasteiger partial charge is 0.481 e. The Bertz CT molecular complexity index is 248. The van der Waals surface area contributed by atoms with Gasteiger partial charge in [-0.25, -0.2) is 0 Å². The first kappa shape index (κ1) is 16.8. The number of aliphatic carboxylic acids is 1. The molecular formula is C15H29NO2S. The van der Waals surface area contributed by atoms with E-state index in [2.05, 4.69) is 11.8 Å². The van der Waals surface area contributed by atoms with Crippen LogP contribution in [-0.4, -0.2) is 47.1 Å². The van der Waals surface area contributed by atoms with Crippen molar-refractivity contribution in [3.8, 4) is 0 Å². The molecule has 0 spiro atoms. The van der Waals surface area contributed by atoms with E-state index in [0.717, 1.165) is 38.2 Å². The quantitative estimate of drug-likeness (QED) is 0.624. The zero-order valence-electron chi connectivity index (χ0n) is 12.3. The Balaban J connectivity index is 1.95. The number of unbranched alkanes of at least 4 members (excludes halogenated alkanes) is 4. The molecule has 0 aromatic rings. The second-order valence-corrected chi connectivity index (χ2v) is 6.73. The molecule has 19 heavy (non-hydrogen) atoms. The molecule has 1 aliphatic heterocycles. The third kappa shape index (κ3) is 7.83. The Labute approximate surface area is 122 Å². The van der Waals surface area contributed by atoms with Crippen molar-refractivity contribution in [1.82, 2.24) is 4.90 Å². The first-order chi connectivity index (χ1) is 9.24. The molecule has 0 aromatic heterocycles. The van der Waals surface area contributed by atoms with Gasteiger partial charge in [-0.2, -0.15) is 11.8 Å². The first-order valence-electron chi connectivity index (χ1n) is 7.77. The minimum absolute atomic E-state index is 0.132. The lowest BCUT2D eigenvalue weighted by molar-refractivity contribution is -0.143. The van der Waals surface area contributed by atoms with Gasteiger partial charge in [0.1, 0.15) is 0 Å². The zero-order chi connectivity index (χ0) is 13.9. The summed E-state index contributed by atoms with van der Waals surface area (Å²) in [6.45, 7) is 5.15. The van der Waals surface area contributed by atoms with Crippen LogP contribution in [-0.2, 0) is 4.79 Å². The molecule has 0 bridgehead atoms. The highest BCUT2D eigenvalue weighted by molar-refractivity contribution is 7.99. The summed E-state index contributed by atoms with van der Waals surface area (Å²) in [5.41, 5.74) is 0. The molecule has 1 saturated heterocycles. The van der Waals surface area contributed by atoms with Crippen molar-refractivity contribution in [3.05, 3.63) is 0 Å². The van der Waals surface area contributed by atoms with Crippen LogP contribution in [0.4, 0.5) is 0 Å². The van der Waals surface area contributed by atoms with E-state index in [0.29, 0.717) is 0 Å². The predicted molar refractivity (Wildman–Crippen MR) is 82.9 cm³/mol. The molecule has 3 nitrogen and oxygen atoms in total. The lowest BCUT2D eigenvalue weighted by Crippen LogP contribution is -2.39. The molecule has 4 heteroatoms. The van der Waals surface area contributed by atoms with E-state index < -0.39 is 5.97 Å². The van der Waals surface area contributed by atoms with Gasteiger partial charge in [-0.05, 0) is 31.6 Å². The third-order valence-electron chi connectivity index (χ3n) is 3.80.